The highest BCUT2D eigenvalue weighted by Crippen LogP contribution is 2.25. The van der Waals surface area contributed by atoms with Gasteiger partial charge in [-0.3, -0.25) is 4.79 Å². The van der Waals surface area contributed by atoms with Gasteiger partial charge in [-0.25, -0.2) is 4.39 Å². The molecule has 0 spiro atoms. The molecule has 2 N–H and O–H groups in total. The van der Waals surface area contributed by atoms with E-state index in [1.165, 1.54) is 18.2 Å². The lowest BCUT2D eigenvalue weighted by molar-refractivity contribution is 0.0417. The number of carbonyl (C=O) groups is 1. The lowest BCUT2D eigenvalue weighted by Crippen LogP contribution is -2.34. The molecule has 0 aliphatic rings. The molecule has 2 rings (SSSR count). The standard InChI is InChI=1S/C16H18ClFN2O5/c1-2-23-8-11(21)7-19-16(22)14-6-12(25-20-14)9-24-15-4-3-10(18)5-13(15)17/h3-6,11,21H,2,7-9H2,1H3,(H,19,22)/t11-/m0/s1. The van der Waals surface area contributed by atoms with Gasteiger partial charge in [0, 0.05) is 19.2 Å². The van der Waals surface area contributed by atoms with Gasteiger partial charge >= 0.3 is 0 Å². The number of aliphatic hydroxyl groups is 1. The molecule has 1 amide bonds. The molecule has 0 aliphatic heterocycles. The molecule has 0 aliphatic carbocycles. The van der Waals surface area contributed by atoms with Crippen LogP contribution < -0.4 is 10.1 Å². The summed E-state index contributed by atoms with van der Waals surface area (Å²) in [6.45, 7) is 2.42. The Morgan fingerprint density at radius 3 is 3.00 bits per heavy atom. The van der Waals surface area contributed by atoms with Gasteiger partial charge in [0.25, 0.3) is 5.91 Å². The third kappa shape index (κ3) is 6.00. The fraction of sp³-hybridized carbons (Fsp3) is 0.375. The second-order valence-electron chi connectivity index (χ2n) is 5.07. The van der Waals surface area contributed by atoms with Crippen LogP contribution in [-0.4, -0.2) is 42.0 Å². The molecule has 1 aromatic heterocycles. The average molecular weight is 373 g/mol. The number of aromatic nitrogens is 1. The van der Waals surface area contributed by atoms with Crippen LogP contribution in [0.3, 0.4) is 0 Å². The fourth-order valence-corrected chi connectivity index (χ4v) is 2.06. The van der Waals surface area contributed by atoms with Crippen molar-refractivity contribution in [2.24, 2.45) is 0 Å². The van der Waals surface area contributed by atoms with E-state index in [1.54, 1.807) is 0 Å². The van der Waals surface area contributed by atoms with E-state index in [0.29, 0.717) is 12.4 Å². The summed E-state index contributed by atoms with van der Waals surface area (Å²) in [5, 5.41) is 15.9. The number of hydrogen-bond donors (Lipinski definition) is 2. The Bertz CT molecular complexity index is 710. The number of hydrogen-bond acceptors (Lipinski definition) is 6. The van der Waals surface area contributed by atoms with Crippen LogP contribution in [0.2, 0.25) is 5.02 Å². The number of benzene rings is 1. The second-order valence-corrected chi connectivity index (χ2v) is 5.47. The Balaban J connectivity index is 1.83. The summed E-state index contributed by atoms with van der Waals surface area (Å²) in [4.78, 5) is 11.9. The maximum absolute atomic E-state index is 13.0. The molecule has 0 saturated carbocycles. The largest absolute Gasteiger partial charge is 0.484 e. The molecular formula is C16H18ClFN2O5. The summed E-state index contributed by atoms with van der Waals surface area (Å²) in [6, 6.07) is 5.14. The summed E-state index contributed by atoms with van der Waals surface area (Å²) in [5.41, 5.74) is 0.0485. The molecule has 25 heavy (non-hydrogen) atoms. The van der Waals surface area contributed by atoms with Crippen molar-refractivity contribution in [3.63, 3.8) is 0 Å². The number of amides is 1. The van der Waals surface area contributed by atoms with Gasteiger partial charge in [0.15, 0.2) is 11.5 Å². The first kappa shape index (κ1) is 19.2. The van der Waals surface area contributed by atoms with Crippen LogP contribution in [-0.2, 0) is 11.3 Å². The number of carbonyl (C=O) groups excluding carboxylic acids is 1. The van der Waals surface area contributed by atoms with Gasteiger partial charge in [0.2, 0.25) is 0 Å². The second kappa shape index (κ2) is 9.36. The zero-order valence-corrected chi connectivity index (χ0v) is 14.3. The van der Waals surface area contributed by atoms with Crippen molar-refractivity contribution in [2.75, 3.05) is 19.8 Å². The number of nitrogens with zero attached hydrogens (tertiary/aromatic N) is 1. The molecule has 0 saturated heterocycles. The molecule has 0 bridgehead atoms. The van der Waals surface area contributed by atoms with Gasteiger partial charge in [-0.1, -0.05) is 16.8 Å². The monoisotopic (exact) mass is 372 g/mol. The SMILES string of the molecule is CCOC[C@@H](O)CNC(=O)c1cc(COc2ccc(F)cc2Cl)on1. The molecule has 1 heterocycles. The Morgan fingerprint density at radius 2 is 2.28 bits per heavy atom. The van der Waals surface area contributed by atoms with Crippen LogP contribution in [0.1, 0.15) is 23.2 Å². The first-order valence-corrected chi connectivity index (χ1v) is 7.94. The van der Waals surface area contributed by atoms with Gasteiger partial charge in [0.05, 0.1) is 17.7 Å². The van der Waals surface area contributed by atoms with Crippen molar-refractivity contribution in [1.29, 1.82) is 0 Å². The van der Waals surface area contributed by atoms with Crippen LogP contribution in [0.15, 0.2) is 28.8 Å². The summed E-state index contributed by atoms with van der Waals surface area (Å²) in [7, 11) is 0. The highest BCUT2D eigenvalue weighted by Gasteiger charge is 2.15. The lowest BCUT2D eigenvalue weighted by Gasteiger charge is -2.10. The summed E-state index contributed by atoms with van der Waals surface area (Å²) < 4.78 is 28.4. The number of nitrogens with one attached hydrogen (secondary N) is 1. The highest BCUT2D eigenvalue weighted by molar-refractivity contribution is 6.32. The summed E-state index contributed by atoms with van der Waals surface area (Å²) in [6.07, 6.45) is -0.806. The topological polar surface area (TPSA) is 93.8 Å². The number of halogens is 2. The van der Waals surface area contributed by atoms with E-state index in [9.17, 15) is 14.3 Å². The van der Waals surface area contributed by atoms with Crippen LogP contribution in [0.5, 0.6) is 5.75 Å². The van der Waals surface area contributed by atoms with Gasteiger partial charge in [-0.15, -0.1) is 0 Å². The first-order chi connectivity index (χ1) is 12.0. The minimum Gasteiger partial charge on any atom is -0.484 e. The molecule has 1 atom stereocenters. The quantitative estimate of drug-likeness (QED) is 0.700. The van der Waals surface area contributed by atoms with Crippen molar-refractivity contribution in [3.05, 3.63) is 46.6 Å². The zero-order valence-electron chi connectivity index (χ0n) is 13.5. The van der Waals surface area contributed by atoms with E-state index >= 15 is 0 Å². The molecular weight excluding hydrogens is 355 g/mol. The summed E-state index contributed by atoms with van der Waals surface area (Å²) in [5.74, 6) is -0.391. The molecule has 9 heteroatoms. The van der Waals surface area contributed by atoms with Gasteiger partial charge in [0.1, 0.15) is 18.2 Å². The number of rotatable bonds is 9. The lowest BCUT2D eigenvalue weighted by atomic mass is 10.3. The average Bonchev–Trinajstić information content (AvgIpc) is 3.06. The number of ether oxygens (including phenoxy) is 2. The smallest absolute Gasteiger partial charge is 0.273 e. The minimum absolute atomic E-state index is 0.0292. The van der Waals surface area contributed by atoms with Crippen LogP contribution in [0, 0.1) is 5.82 Å². The molecule has 2 aromatic rings. The van der Waals surface area contributed by atoms with E-state index < -0.39 is 17.8 Å². The van der Waals surface area contributed by atoms with Gasteiger partial charge in [-0.05, 0) is 25.1 Å². The van der Waals surface area contributed by atoms with Crippen molar-refractivity contribution in [3.8, 4) is 5.75 Å². The molecule has 0 unspecified atom stereocenters. The van der Waals surface area contributed by atoms with E-state index in [-0.39, 0.29) is 36.2 Å². The summed E-state index contributed by atoms with van der Waals surface area (Å²) >= 11 is 5.85. The van der Waals surface area contributed by atoms with E-state index in [4.69, 9.17) is 25.6 Å². The van der Waals surface area contributed by atoms with Crippen molar-refractivity contribution < 1.29 is 28.3 Å². The third-order valence-corrected chi connectivity index (χ3v) is 3.36. The van der Waals surface area contributed by atoms with Crippen LogP contribution in [0.25, 0.3) is 0 Å². The minimum atomic E-state index is -0.806. The van der Waals surface area contributed by atoms with E-state index in [0.717, 1.165) is 6.07 Å². The predicted octanol–water partition coefficient (Wildman–Crippen LogP) is 2.17. The Morgan fingerprint density at radius 1 is 1.48 bits per heavy atom. The van der Waals surface area contributed by atoms with Crippen LogP contribution in [0.4, 0.5) is 4.39 Å². The molecule has 1 aromatic carbocycles. The van der Waals surface area contributed by atoms with Crippen molar-refractivity contribution in [1.82, 2.24) is 10.5 Å². The van der Waals surface area contributed by atoms with Crippen LogP contribution >= 0.6 is 11.6 Å². The molecule has 0 fully saturated rings. The van der Waals surface area contributed by atoms with E-state index in [1.807, 2.05) is 6.92 Å². The zero-order chi connectivity index (χ0) is 18.2. The van der Waals surface area contributed by atoms with Gasteiger partial charge < -0.3 is 24.4 Å². The third-order valence-electron chi connectivity index (χ3n) is 3.07. The Hall–Kier alpha value is -2.16. The highest BCUT2D eigenvalue weighted by atomic mass is 35.5. The fourth-order valence-electron chi connectivity index (χ4n) is 1.84. The van der Waals surface area contributed by atoms with E-state index in [2.05, 4.69) is 10.5 Å². The van der Waals surface area contributed by atoms with Crippen molar-refractivity contribution >= 4 is 17.5 Å². The Labute approximate surface area is 148 Å². The maximum atomic E-state index is 13.0. The molecule has 0 radical (unpaired) electrons. The van der Waals surface area contributed by atoms with Crippen molar-refractivity contribution in [2.45, 2.75) is 19.6 Å². The first-order valence-electron chi connectivity index (χ1n) is 7.57. The number of aliphatic hydroxyl groups excluding tert-OH is 1. The predicted molar refractivity (Wildman–Crippen MR) is 87.1 cm³/mol. The normalized spacial score (nSPS) is 12.0. The Kier molecular flexibility index (Phi) is 7.17. The molecule has 136 valence electrons. The molecule has 7 nitrogen and oxygen atoms in total. The van der Waals surface area contributed by atoms with Gasteiger partial charge in [-0.2, -0.15) is 0 Å². The maximum Gasteiger partial charge on any atom is 0.273 e.